The normalized spacial score (nSPS) is 15.6. The number of aryl methyl sites for hydroxylation is 1. The summed E-state index contributed by atoms with van der Waals surface area (Å²) in [5, 5.41) is 10.8. The van der Waals surface area contributed by atoms with Gasteiger partial charge in [-0.2, -0.15) is 0 Å². The average molecular weight is 435 g/mol. The number of hydrogen-bond donors (Lipinski definition) is 2. The molecule has 1 aromatic carbocycles. The highest BCUT2D eigenvalue weighted by Crippen LogP contribution is 2.20. The molecule has 0 spiro atoms. The number of aromatic nitrogens is 1. The summed E-state index contributed by atoms with van der Waals surface area (Å²) in [6, 6.07) is 8.14. The van der Waals surface area contributed by atoms with Crippen LogP contribution in [0.3, 0.4) is 0 Å². The van der Waals surface area contributed by atoms with E-state index in [-0.39, 0.29) is 0 Å². The van der Waals surface area contributed by atoms with Gasteiger partial charge >= 0.3 is 0 Å². The SMILES string of the molecule is CN=C(NCCCN1CCN(c2cccc(Cl)c2)CC1)NCCc1csc(C)n1. The van der Waals surface area contributed by atoms with E-state index in [0.29, 0.717) is 0 Å². The molecule has 0 radical (unpaired) electrons. The van der Waals surface area contributed by atoms with Crippen LogP contribution in [-0.2, 0) is 6.42 Å². The predicted octanol–water partition coefficient (Wildman–Crippen LogP) is 3.02. The van der Waals surface area contributed by atoms with Crippen molar-refractivity contribution in [1.82, 2.24) is 20.5 Å². The molecule has 158 valence electrons. The summed E-state index contributed by atoms with van der Waals surface area (Å²) in [6.45, 7) is 9.18. The maximum Gasteiger partial charge on any atom is 0.190 e. The van der Waals surface area contributed by atoms with Crippen LogP contribution in [0, 0.1) is 6.92 Å². The molecule has 0 atom stereocenters. The van der Waals surface area contributed by atoms with E-state index in [4.69, 9.17) is 11.6 Å². The first kappa shape index (κ1) is 21.9. The van der Waals surface area contributed by atoms with Crippen molar-refractivity contribution in [1.29, 1.82) is 0 Å². The van der Waals surface area contributed by atoms with Gasteiger partial charge in [0.25, 0.3) is 0 Å². The first-order valence-electron chi connectivity index (χ1n) is 10.2. The molecule has 0 unspecified atom stereocenters. The number of piperazine rings is 1. The van der Waals surface area contributed by atoms with Crippen molar-refractivity contribution in [2.24, 2.45) is 4.99 Å². The molecule has 2 aromatic rings. The number of thiazole rings is 1. The Morgan fingerprint density at radius 1 is 1.21 bits per heavy atom. The van der Waals surface area contributed by atoms with Crippen molar-refractivity contribution in [2.45, 2.75) is 19.8 Å². The molecule has 0 bridgehead atoms. The second kappa shape index (κ2) is 11.4. The summed E-state index contributed by atoms with van der Waals surface area (Å²) >= 11 is 7.82. The van der Waals surface area contributed by atoms with Gasteiger partial charge in [0.05, 0.1) is 10.7 Å². The zero-order valence-corrected chi connectivity index (χ0v) is 18.9. The number of guanidine groups is 1. The summed E-state index contributed by atoms with van der Waals surface area (Å²) < 4.78 is 0. The highest BCUT2D eigenvalue weighted by molar-refractivity contribution is 7.09. The Labute approximate surface area is 183 Å². The second-order valence-electron chi connectivity index (χ2n) is 7.20. The minimum Gasteiger partial charge on any atom is -0.369 e. The maximum absolute atomic E-state index is 6.12. The van der Waals surface area contributed by atoms with Crippen molar-refractivity contribution in [2.75, 3.05) is 57.8 Å². The zero-order chi connectivity index (χ0) is 20.5. The number of aliphatic imine (C=N–C) groups is 1. The smallest absolute Gasteiger partial charge is 0.190 e. The first-order valence-corrected chi connectivity index (χ1v) is 11.5. The molecule has 2 N–H and O–H groups in total. The lowest BCUT2D eigenvalue weighted by molar-refractivity contribution is 0.255. The summed E-state index contributed by atoms with van der Waals surface area (Å²) in [4.78, 5) is 13.7. The Morgan fingerprint density at radius 2 is 2.00 bits per heavy atom. The summed E-state index contributed by atoms with van der Waals surface area (Å²) in [5.74, 6) is 0.864. The van der Waals surface area contributed by atoms with E-state index in [1.54, 1.807) is 11.3 Å². The van der Waals surface area contributed by atoms with Crippen molar-refractivity contribution >= 4 is 34.6 Å². The zero-order valence-electron chi connectivity index (χ0n) is 17.3. The van der Waals surface area contributed by atoms with Gasteiger partial charge in [-0.3, -0.25) is 9.89 Å². The third kappa shape index (κ3) is 7.17. The van der Waals surface area contributed by atoms with Gasteiger partial charge in [0.15, 0.2) is 5.96 Å². The molecule has 8 heteroatoms. The van der Waals surface area contributed by atoms with E-state index in [0.717, 1.165) is 80.3 Å². The van der Waals surface area contributed by atoms with Crippen LogP contribution in [0.2, 0.25) is 5.02 Å². The van der Waals surface area contributed by atoms with Gasteiger partial charge in [-0.25, -0.2) is 4.98 Å². The van der Waals surface area contributed by atoms with Crippen LogP contribution in [0.1, 0.15) is 17.1 Å². The molecule has 2 heterocycles. The summed E-state index contributed by atoms with van der Waals surface area (Å²) in [5.41, 5.74) is 2.37. The molecule has 1 aliphatic heterocycles. The average Bonchev–Trinajstić information content (AvgIpc) is 3.15. The fourth-order valence-corrected chi connectivity index (χ4v) is 4.30. The molecular weight excluding hydrogens is 404 g/mol. The van der Waals surface area contributed by atoms with Gasteiger partial charge in [-0.15, -0.1) is 11.3 Å². The lowest BCUT2D eigenvalue weighted by Gasteiger charge is -2.36. The predicted molar refractivity (Wildman–Crippen MR) is 125 cm³/mol. The van der Waals surface area contributed by atoms with E-state index in [9.17, 15) is 0 Å². The Kier molecular flexibility index (Phi) is 8.58. The fourth-order valence-electron chi connectivity index (χ4n) is 3.46. The van der Waals surface area contributed by atoms with E-state index in [1.165, 1.54) is 5.69 Å². The minimum absolute atomic E-state index is 0.805. The largest absolute Gasteiger partial charge is 0.369 e. The van der Waals surface area contributed by atoms with Gasteiger partial charge in [-0.1, -0.05) is 17.7 Å². The highest BCUT2D eigenvalue weighted by Gasteiger charge is 2.16. The molecular formula is C21H31ClN6S. The molecule has 1 aromatic heterocycles. The van der Waals surface area contributed by atoms with Gasteiger partial charge in [0.1, 0.15) is 0 Å². The monoisotopic (exact) mass is 434 g/mol. The fraction of sp³-hybridized carbons (Fsp3) is 0.524. The number of nitrogens with zero attached hydrogens (tertiary/aromatic N) is 4. The molecule has 29 heavy (non-hydrogen) atoms. The number of hydrogen-bond acceptors (Lipinski definition) is 5. The highest BCUT2D eigenvalue weighted by atomic mass is 35.5. The Hall–Kier alpha value is -1.83. The number of halogens is 1. The molecule has 1 fully saturated rings. The molecule has 6 nitrogen and oxygen atoms in total. The molecule has 1 aliphatic rings. The topological polar surface area (TPSA) is 55.8 Å². The maximum atomic E-state index is 6.12. The van der Waals surface area contributed by atoms with Crippen LogP contribution in [0.4, 0.5) is 5.69 Å². The lowest BCUT2D eigenvalue weighted by atomic mass is 10.2. The van der Waals surface area contributed by atoms with Crippen LogP contribution in [-0.4, -0.2) is 68.7 Å². The number of rotatable bonds is 8. The molecule has 0 saturated carbocycles. The standard InChI is InChI=1S/C21H31ClN6S/c1-17-26-19(16-29-17)7-9-25-21(23-2)24-8-4-10-27-11-13-28(14-12-27)20-6-3-5-18(22)15-20/h3,5-6,15-16H,4,7-14H2,1-2H3,(H2,23,24,25). The van der Waals surface area contributed by atoms with Crippen LogP contribution >= 0.6 is 22.9 Å². The van der Waals surface area contributed by atoms with E-state index < -0.39 is 0 Å². The minimum atomic E-state index is 0.805. The molecule has 1 saturated heterocycles. The Morgan fingerprint density at radius 3 is 2.69 bits per heavy atom. The van der Waals surface area contributed by atoms with Crippen molar-refractivity contribution in [3.63, 3.8) is 0 Å². The lowest BCUT2D eigenvalue weighted by Crippen LogP contribution is -2.47. The summed E-state index contributed by atoms with van der Waals surface area (Å²) in [7, 11) is 1.82. The molecule has 0 amide bonds. The number of anilines is 1. The van der Waals surface area contributed by atoms with Crippen molar-refractivity contribution in [3.8, 4) is 0 Å². The van der Waals surface area contributed by atoms with Crippen molar-refractivity contribution in [3.05, 3.63) is 45.4 Å². The van der Waals surface area contributed by atoms with Gasteiger partial charge < -0.3 is 15.5 Å². The van der Waals surface area contributed by atoms with Gasteiger partial charge in [0.2, 0.25) is 0 Å². The van der Waals surface area contributed by atoms with Gasteiger partial charge in [0, 0.05) is 68.8 Å². The Bertz CT molecular complexity index is 785. The summed E-state index contributed by atoms with van der Waals surface area (Å²) in [6.07, 6.45) is 2.02. The van der Waals surface area contributed by atoms with E-state index in [1.807, 2.05) is 26.1 Å². The third-order valence-corrected chi connectivity index (χ3v) is 6.11. The van der Waals surface area contributed by atoms with E-state index in [2.05, 4.69) is 47.9 Å². The second-order valence-corrected chi connectivity index (χ2v) is 8.69. The Balaban J connectivity index is 1.28. The van der Waals surface area contributed by atoms with Crippen LogP contribution in [0.5, 0.6) is 0 Å². The molecule has 3 rings (SSSR count). The van der Waals surface area contributed by atoms with Crippen molar-refractivity contribution < 1.29 is 0 Å². The van der Waals surface area contributed by atoms with Crippen LogP contribution in [0.15, 0.2) is 34.6 Å². The van der Waals surface area contributed by atoms with E-state index >= 15 is 0 Å². The quantitative estimate of drug-likeness (QED) is 0.380. The van der Waals surface area contributed by atoms with Gasteiger partial charge in [-0.05, 0) is 38.1 Å². The first-order chi connectivity index (χ1) is 14.1. The molecule has 0 aliphatic carbocycles. The van der Waals surface area contributed by atoms with Crippen LogP contribution < -0.4 is 15.5 Å². The van der Waals surface area contributed by atoms with Crippen LogP contribution in [0.25, 0.3) is 0 Å². The third-order valence-electron chi connectivity index (χ3n) is 5.05. The number of nitrogens with one attached hydrogen (secondary N) is 2. The number of benzene rings is 1.